The molecule has 3 rings (SSSR count). The molecule has 6 heteroatoms. The van der Waals surface area contributed by atoms with Crippen LogP contribution in [0.25, 0.3) is 5.69 Å². The zero-order chi connectivity index (χ0) is 14.7. The van der Waals surface area contributed by atoms with E-state index in [1.54, 1.807) is 18.5 Å². The van der Waals surface area contributed by atoms with Crippen LogP contribution in [0.3, 0.4) is 0 Å². The molecule has 2 aromatic heterocycles. The first-order valence-electron chi connectivity index (χ1n) is 7.23. The van der Waals surface area contributed by atoms with Crippen molar-refractivity contribution >= 4 is 5.82 Å². The van der Waals surface area contributed by atoms with Crippen LogP contribution in [0.1, 0.15) is 19.3 Å². The number of anilines is 1. The Morgan fingerprint density at radius 2 is 2.24 bits per heavy atom. The van der Waals surface area contributed by atoms with E-state index in [0.29, 0.717) is 17.6 Å². The summed E-state index contributed by atoms with van der Waals surface area (Å²) >= 11 is 0. The van der Waals surface area contributed by atoms with Crippen LogP contribution < -0.4 is 16.6 Å². The van der Waals surface area contributed by atoms with Gasteiger partial charge in [-0.3, -0.25) is 4.79 Å². The number of nitrogens with one attached hydrogen (secondary N) is 1. The van der Waals surface area contributed by atoms with Crippen LogP contribution in [0.15, 0.2) is 41.5 Å². The van der Waals surface area contributed by atoms with E-state index in [1.165, 1.54) is 17.2 Å². The first-order chi connectivity index (χ1) is 10.3. The van der Waals surface area contributed by atoms with E-state index >= 15 is 0 Å². The molecular formula is C15H19N5O. The maximum atomic E-state index is 11.7. The molecule has 0 aromatic carbocycles. The van der Waals surface area contributed by atoms with E-state index in [0.717, 1.165) is 25.2 Å². The minimum atomic E-state index is -0.165. The van der Waals surface area contributed by atoms with Crippen molar-refractivity contribution in [1.29, 1.82) is 0 Å². The second-order valence-corrected chi connectivity index (χ2v) is 5.43. The van der Waals surface area contributed by atoms with Gasteiger partial charge >= 0.3 is 0 Å². The molecular weight excluding hydrogens is 266 g/mol. The number of hydrogen-bond donors (Lipinski definition) is 2. The Bertz CT molecular complexity index is 652. The lowest BCUT2D eigenvalue weighted by molar-refractivity contribution is 0.555. The van der Waals surface area contributed by atoms with Crippen molar-refractivity contribution in [2.75, 3.05) is 11.9 Å². The SMILES string of the molecule is NCC1CCC(Nc2ccc(-n3ncccc3=O)cn2)C1. The number of rotatable bonds is 4. The van der Waals surface area contributed by atoms with Crippen molar-refractivity contribution in [3.05, 3.63) is 47.0 Å². The Morgan fingerprint density at radius 1 is 1.33 bits per heavy atom. The van der Waals surface area contributed by atoms with Crippen molar-refractivity contribution in [1.82, 2.24) is 14.8 Å². The molecule has 3 N–H and O–H groups in total. The fraction of sp³-hybridized carbons (Fsp3) is 0.400. The molecule has 0 spiro atoms. The van der Waals surface area contributed by atoms with Crippen LogP contribution in [0.5, 0.6) is 0 Å². The fourth-order valence-corrected chi connectivity index (χ4v) is 2.78. The highest BCUT2D eigenvalue weighted by atomic mass is 16.1. The summed E-state index contributed by atoms with van der Waals surface area (Å²) in [7, 11) is 0. The average molecular weight is 285 g/mol. The lowest BCUT2D eigenvalue weighted by Crippen LogP contribution is -2.20. The smallest absolute Gasteiger partial charge is 0.271 e. The van der Waals surface area contributed by atoms with Gasteiger partial charge in [0, 0.05) is 18.3 Å². The predicted molar refractivity (Wildman–Crippen MR) is 81.4 cm³/mol. The molecule has 1 saturated carbocycles. The summed E-state index contributed by atoms with van der Waals surface area (Å²) in [6.07, 6.45) is 6.64. The Balaban J connectivity index is 1.70. The lowest BCUT2D eigenvalue weighted by atomic mass is 10.1. The minimum absolute atomic E-state index is 0.165. The van der Waals surface area contributed by atoms with Crippen LogP contribution in [0, 0.1) is 5.92 Å². The molecule has 0 saturated heterocycles. The molecule has 2 aromatic rings. The van der Waals surface area contributed by atoms with E-state index in [2.05, 4.69) is 15.4 Å². The minimum Gasteiger partial charge on any atom is -0.367 e. The Labute approximate surface area is 123 Å². The molecule has 1 aliphatic carbocycles. The summed E-state index contributed by atoms with van der Waals surface area (Å²) in [5, 5.41) is 7.46. The van der Waals surface area contributed by atoms with Crippen molar-refractivity contribution in [3.63, 3.8) is 0 Å². The molecule has 1 fully saturated rings. The van der Waals surface area contributed by atoms with Crippen LogP contribution in [0.4, 0.5) is 5.82 Å². The van der Waals surface area contributed by atoms with Gasteiger partial charge in [-0.25, -0.2) is 4.98 Å². The summed E-state index contributed by atoms with van der Waals surface area (Å²) in [5.41, 5.74) is 6.20. The monoisotopic (exact) mass is 285 g/mol. The second-order valence-electron chi connectivity index (χ2n) is 5.43. The third-order valence-corrected chi connectivity index (χ3v) is 3.93. The van der Waals surface area contributed by atoms with Crippen LogP contribution in [-0.4, -0.2) is 27.4 Å². The first kappa shape index (κ1) is 13.8. The third kappa shape index (κ3) is 3.11. The molecule has 110 valence electrons. The average Bonchev–Trinajstić information content (AvgIpc) is 2.96. The van der Waals surface area contributed by atoms with Crippen molar-refractivity contribution in [2.24, 2.45) is 11.7 Å². The number of pyridine rings is 1. The highest BCUT2D eigenvalue weighted by Gasteiger charge is 2.23. The number of hydrogen-bond acceptors (Lipinski definition) is 5. The van der Waals surface area contributed by atoms with E-state index in [4.69, 9.17) is 5.73 Å². The largest absolute Gasteiger partial charge is 0.367 e. The second kappa shape index (κ2) is 6.05. The molecule has 0 aliphatic heterocycles. The fourth-order valence-electron chi connectivity index (χ4n) is 2.78. The molecule has 0 bridgehead atoms. The van der Waals surface area contributed by atoms with Gasteiger partial charge in [0.25, 0.3) is 5.56 Å². The van der Waals surface area contributed by atoms with Crippen molar-refractivity contribution in [2.45, 2.75) is 25.3 Å². The summed E-state index contributed by atoms with van der Waals surface area (Å²) in [5.74, 6) is 1.44. The Morgan fingerprint density at radius 3 is 2.90 bits per heavy atom. The van der Waals surface area contributed by atoms with E-state index in [9.17, 15) is 4.79 Å². The van der Waals surface area contributed by atoms with E-state index in [-0.39, 0.29) is 5.56 Å². The maximum absolute atomic E-state index is 11.7. The standard InChI is InChI=1S/C15H19N5O/c16-9-11-3-4-12(8-11)19-14-6-5-13(10-17-14)20-15(21)2-1-7-18-20/h1-2,5-7,10-12H,3-4,8-9,16H2,(H,17,19). The van der Waals surface area contributed by atoms with Gasteiger partial charge in [0.1, 0.15) is 5.82 Å². The highest BCUT2D eigenvalue weighted by Crippen LogP contribution is 2.26. The predicted octanol–water partition coefficient (Wildman–Crippen LogP) is 1.17. The quantitative estimate of drug-likeness (QED) is 0.880. The topological polar surface area (TPSA) is 85.8 Å². The van der Waals surface area contributed by atoms with Crippen LogP contribution in [0.2, 0.25) is 0 Å². The number of nitrogens with zero attached hydrogens (tertiary/aromatic N) is 3. The van der Waals surface area contributed by atoms with Gasteiger partial charge in [-0.1, -0.05) is 0 Å². The summed E-state index contributed by atoms with van der Waals surface area (Å²) in [6, 6.07) is 7.26. The molecule has 6 nitrogen and oxygen atoms in total. The molecule has 0 radical (unpaired) electrons. The third-order valence-electron chi connectivity index (χ3n) is 3.93. The number of nitrogens with two attached hydrogens (primary N) is 1. The zero-order valence-corrected chi connectivity index (χ0v) is 11.8. The Kier molecular flexibility index (Phi) is 3.96. The van der Waals surface area contributed by atoms with Gasteiger partial charge in [0.05, 0.1) is 11.9 Å². The van der Waals surface area contributed by atoms with Gasteiger partial charge in [-0.2, -0.15) is 9.78 Å². The lowest BCUT2D eigenvalue weighted by Gasteiger charge is -2.13. The Hall–Kier alpha value is -2.21. The molecule has 21 heavy (non-hydrogen) atoms. The van der Waals surface area contributed by atoms with Crippen LogP contribution in [-0.2, 0) is 0 Å². The van der Waals surface area contributed by atoms with Gasteiger partial charge in [0.2, 0.25) is 0 Å². The van der Waals surface area contributed by atoms with E-state index < -0.39 is 0 Å². The maximum Gasteiger partial charge on any atom is 0.271 e. The van der Waals surface area contributed by atoms with Gasteiger partial charge in [0.15, 0.2) is 0 Å². The van der Waals surface area contributed by atoms with Crippen molar-refractivity contribution in [3.8, 4) is 5.69 Å². The zero-order valence-electron chi connectivity index (χ0n) is 11.8. The first-order valence-corrected chi connectivity index (χ1v) is 7.23. The van der Waals surface area contributed by atoms with E-state index in [1.807, 2.05) is 12.1 Å². The molecule has 2 unspecified atom stereocenters. The van der Waals surface area contributed by atoms with Crippen LogP contribution >= 0.6 is 0 Å². The molecule has 2 atom stereocenters. The summed E-state index contributed by atoms with van der Waals surface area (Å²) in [4.78, 5) is 16.1. The molecule has 2 heterocycles. The van der Waals surface area contributed by atoms with Gasteiger partial charge < -0.3 is 11.1 Å². The van der Waals surface area contributed by atoms with Gasteiger partial charge in [-0.15, -0.1) is 0 Å². The number of aromatic nitrogens is 3. The molecule has 0 amide bonds. The van der Waals surface area contributed by atoms with Crippen molar-refractivity contribution < 1.29 is 0 Å². The summed E-state index contributed by atoms with van der Waals surface area (Å²) < 4.78 is 1.33. The highest BCUT2D eigenvalue weighted by molar-refractivity contribution is 5.41. The molecule has 1 aliphatic rings. The summed E-state index contributed by atoms with van der Waals surface area (Å²) in [6.45, 7) is 0.757. The normalized spacial score (nSPS) is 21.4. The van der Waals surface area contributed by atoms with Gasteiger partial charge in [-0.05, 0) is 49.9 Å².